The minimum Gasteiger partial charge on any atom is -0.481 e. The van der Waals surface area contributed by atoms with Crippen LogP contribution in [0.1, 0.15) is 6.42 Å². The van der Waals surface area contributed by atoms with E-state index < -0.39 is 28.6 Å². The summed E-state index contributed by atoms with van der Waals surface area (Å²) in [4.78, 5) is 34.0. The molecule has 1 fully saturated rings. The molecule has 0 unspecified atom stereocenters. The molecule has 114 valence electrons. The van der Waals surface area contributed by atoms with Crippen molar-refractivity contribution < 1.29 is 19.6 Å². The predicted octanol–water partition coefficient (Wildman–Crippen LogP) is 2.06. The SMILES string of the molecule is O=C(Nc1cccc([N+](=O)[O-])c1)[C@@H]1[C@H](C(=O)O)[C@H]2C=C[C@H]1C2. The van der Waals surface area contributed by atoms with Gasteiger partial charge in [0, 0.05) is 17.8 Å². The van der Waals surface area contributed by atoms with Gasteiger partial charge in [-0.2, -0.15) is 0 Å². The normalized spacial score (nSPS) is 28.5. The molecule has 0 spiro atoms. The molecule has 1 aromatic carbocycles. The van der Waals surface area contributed by atoms with Gasteiger partial charge in [-0.15, -0.1) is 0 Å². The Kier molecular flexibility index (Phi) is 3.40. The molecule has 0 saturated heterocycles. The molecule has 0 radical (unpaired) electrons. The Labute approximate surface area is 125 Å². The Morgan fingerprint density at radius 1 is 1.23 bits per heavy atom. The second kappa shape index (κ2) is 5.25. The summed E-state index contributed by atoms with van der Waals surface area (Å²) >= 11 is 0. The lowest BCUT2D eigenvalue weighted by atomic mass is 9.82. The van der Waals surface area contributed by atoms with Gasteiger partial charge in [-0.05, 0) is 24.3 Å². The molecule has 2 N–H and O–H groups in total. The summed E-state index contributed by atoms with van der Waals surface area (Å²) in [7, 11) is 0. The van der Waals surface area contributed by atoms with Gasteiger partial charge in [0.15, 0.2) is 0 Å². The lowest BCUT2D eigenvalue weighted by Crippen LogP contribution is -2.36. The Morgan fingerprint density at radius 2 is 1.91 bits per heavy atom. The van der Waals surface area contributed by atoms with Crippen molar-refractivity contribution in [3.8, 4) is 0 Å². The molecule has 4 atom stereocenters. The van der Waals surface area contributed by atoms with Crippen LogP contribution in [0.15, 0.2) is 36.4 Å². The monoisotopic (exact) mass is 302 g/mol. The third-order valence-corrected chi connectivity index (χ3v) is 4.37. The van der Waals surface area contributed by atoms with Crippen LogP contribution in [0.4, 0.5) is 11.4 Å². The quantitative estimate of drug-likeness (QED) is 0.502. The van der Waals surface area contributed by atoms with Crippen LogP contribution in [0.3, 0.4) is 0 Å². The molecule has 3 rings (SSSR count). The summed E-state index contributed by atoms with van der Waals surface area (Å²) in [5.74, 6) is -2.92. The summed E-state index contributed by atoms with van der Waals surface area (Å²) in [5, 5.41) is 22.7. The van der Waals surface area contributed by atoms with E-state index in [1.807, 2.05) is 12.2 Å². The van der Waals surface area contributed by atoms with Crippen LogP contribution in [0.2, 0.25) is 0 Å². The maximum Gasteiger partial charge on any atom is 0.307 e. The van der Waals surface area contributed by atoms with Crippen molar-refractivity contribution in [2.75, 3.05) is 5.32 Å². The number of nitro benzene ring substituents is 1. The average molecular weight is 302 g/mol. The van der Waals surface area contributed by atoms with Gasteiger partial charge in [0.2, 0.25) is 5.91 Å². The number of rotatable bonds is 4. The van der Waals surface area contributed by atoms with Crippen molar-refractivity contribution in [2.24, 2.45) is 23.7 Å². The zero-order valence-corrected chi connectivity index (χ0v) is 11.5. The van der Waals surface area contributed by atoms with E-state index in [0.717, 1.165) is 0 Å². The highest BCUT2D eigenvalue weighted by molar-refractivity contribution is 5.96. The number of carbonyl (C=O) groups is 2. The molecule has 2 aliphatic carbocycles. The molecule has 7 nitrogen and oxygen atoms in total. The number of benzene rings is 1. The van der Waals surface area contributed by atoms with E-state index in [-0.39, 0.29) is 17.5 Å². The molecule has 2 aliphatic rings. The largest absolute Gasteiger partial charge is 0.481 e. The third-order valence-electron chi connectivity index (χ3n) is 4.37. The average Bonchev–Trinajstić information content (AvgIpc) is 3.07. The Morgan fingerprint density at radius 3 is 2.55 bits per heavy atom. The number of amides is 1. The van der Waals surface area contributed by atoms with E-state index in [1.165, 1.54) is 18.2 Å². The molecule has 7 heteroatoms. The molecule has 1 amide bonds. The van der Waals surface area contributed by atoms with Gasteiger partial charge in [-0.25, -0.2) is 0 Å². The first kappa shape index (κ1) is 14.2. The van der Waals surface area contributed by atoms with Crippen molar-refractivity contribution in [1.82, 2.24) is 0 Å². The Hall–Kier alpha value is -2.70. The van der Waals surface area contributed by atoms with Crippen LogP contribution in [0.25, 0.3) is 0 Å². The van der Waals surface area contributed by atoms with Crippen molar-refractivity contribution in [3.05, 3.63) is 46.5 Å². The topological polar surface area (TPSA) is 110 Å². The predicted molar refractivity (Wildman–Crippen MR) is 77.1 cm³/mol. The minimum atomic E-state index is -0.976. The van der Waals surface area contributed by atoms with E-state index in [4.69, 9.17) is 0 Å². The number of non-ortho nitro benzene ring substituents is 1. The number of anilines is 1. The number of aliphatic carboxylic acids is 1. The van der Waals surface area contributed by atoms with Crippen molar-refractivity contribution in [2.45, 2.75) is 6.42 Å². The van der Waals surface area contributed by atoms with Crippen LogP contribution in [0, 0.1) is 33.8 Å². The summed E-state index contributed by atoms with van der Waals surface area (Å²) in [5.41, 5.74) is 0.176. The zero-order chi connectivity index (χ0) is 15.9. The number of hydrogen-bond acceptors (Lipinski definition) is 4. The number of carbonyl (C=O) groups excluding carboxylic acids is 1. The molecule has 2 bridgehead atoms. The highest BCUT2D eigenvalue weighted by Crippen LogP contribution is 2.48. The third kappa shape index (κ3) is 2.34. The lowest BCUT2D eigenvalue weighted by Gasteiger charge is -2.23. The van der Waals surface area contributed by atoms with Gasteiger partial charge < -0.3 is 10.4 Å². The first-order valence-electron chi connectivity index (χ1n) is 6.94. The molecule has 22 heavy (non-hydrogen) atoms. The number of carboxylic acid groups (broad SMARTS) is 1. The molecule has 0 aromatic heterocycles. The number of nitrogens with one attached hydrogen (secondary N) is 1. The maximum absolute atomic E-state index is 12.4. The molecule has 0 aliphatic heterocycles. The zero-order valence-electron chi connectivity index (χ0n) is 11.5. The number of allylic oxidation sites excluding steroid dienone is 2. The maximum atomic E-state index is 12.4. The fourth-order valence-corrected chi connectivity index (χ4v) is 3.44. The first-order chi connectivity index (χ1) is 10.5. The molecule has 1 saturated carbocycles. The van der Waals surface area contributed by atoms with E-state index in [2.05, 4.69) is 5.32 Å². The van der Waals surface area contributed by atoms with Crippen LogP contribution >= 0.6 is 0 Å². The van der Waals surface area contributed by atoms with E-state index >= 15 is 0 Å². The molecule has 1 aromatic rings. The Balaban J connectivity index is 1.80. The van der Waals surface area contributed by atoms with Gasteiger partial charge >= 0.3 is 5.97 Å². The van der Waals surface area contributed by atoms with Crippen LogP contribution in [-0.2, 0) is 9.59 Å². The van der Waals surface area contributed by atoms with Crippen molar-refractivity contribution in [1.29, 1.82) is 0 Å². The fraction of sp³-hybridized carbons (Fsp3) is 0.333. The van der Waals surface area contributed by atoms with E-state index in [1.54, 1.807) is 6.07 Å². The summed E-state index contributed by atoms with van der Waals surface area (Å²) in [6, 6.07) is 5.61. The standard InChI is InChI=1S/C15H14N2O5/c18-14(16-10-2-1-3-11(7-10)17(21)22)12-8-4-5-9(6-8)13(12)15(19)20/h1-5,7-9,12-13H,6H2,(H,16,18)(H,19,20)/t8-,9-,12-,13+/m0/s1. The van der Waals surface area contributed by atoms with Crippen molar-refractivity contribution in [3.63, 3.8) is 0 Å². The fourth-order valence-electron chi connectivity index (χ4n) is 3.44. The summed E-state index contributed by atoms with van der Waals surface area (Å²) in [6.07, 6.45) is 4.42. The number of nitro groups is 1. The first-order valence-corrected chi connectivity index (χ1v) is 6.94. The number of carboxylic acids is 1. The molecular formula is C15H14N2O5. The van der Waals surface area contributed by atoms with Gasteiger partial charge in [0.05, 0.1) is 16.8 Å². The van der Waals surface area contributed by atoms with Gasteiger partial charge in [0.1, 0.15) is 0 Å². The van der Waals surface area contributed by atoms with Crippen LogP contribution in [0.5, 0.6) is 0 Å². The van der Waals surface area contributed by atoms with Gasteiger partial charge in [-0.3, -0.25) is 19.7 Å². The molecule has 0 heterocycles. The van der Waals surface area contributed by atoms with Crippen LogP contribution in [-0.4, -0.2) is 21.9 Å². The van der Waals surface area contributed by atoms with Crippen LogP contribution < -0.4 is 5.32 Å². The van der Waals surface area contributed by atoms with Gasteiger partial charge in [0.25, 0.3) is 5.69 Å². The second-order valence-corrected chi connectivity index (χ2v) is 5.63. The summed E-state index contributed by atoms with van der Waals surface area (Å²) in [6.45, 7) is 0. The van der Waals surface area contributed by atoms with Gasteiger partial charge in [-0.1, -0.05) is 18.2 Å². The second-order valence-electron chi connectivity index (χ2n) is 5.63. The van der Waals surface area contributed by atoms with E-state index in [0.29, 0.717) is 12.1 Å². The van der Waals surface area contributed by atoms with Crippen molar-refractivity contribution >= 4 is 23.3 Å². The highest BCUT2D eigenvalue weighted by Gasteiger charge is 2.51. The molecular weight excluding hydrogens is 288 g/mol. The summed E-state index contributed by atoms with van der Waals surface area (Å²) < 4.78 is 0. The highest BCUT2D eigenvalue weighted by atomic mass is 16.6. The minimum absolute atomic E-state index is 0.0789. The smallest absolute Gasteiger partial charge is 0.307 e. The number of fused-ring (bicyclic) bond motifs is 2. The number of nitrogens with zero attached hydrogens (tertiary/aromatic N) is 1. The van der Waals surface area contributed by atoms with E-state index in [9.17, 15) is 24.8 Å². The Bertz CT molecular complexity index is 684. The lowest BCUT2D eigenvalue weighted by molar-refractivity contribution is -0.384. The number of hydrogen-bond donors (Lipinski definition) is 2.